The van der Waals surface area contributed by atoms with E-state index in [0.717, 1.165) is 0 Å². The van der Waals surface area contributed by atoms with Crippen molar-refractivity contribution in [2.45, 2.75) is 19.8 Å². The molecule has 2 rings (SSSR count). The molecule has 0 fully saturated rings. The molecule has 2 heterocycles. The quantitative estimate of drug-likeness (QED) is 0.812. The molecule has 0 saturated carbocycles. The van der Waals surface area contributed by atoms with Gasteiger partial charge in [0.1, 0.15) is 5.56 Å². The minimum absolute atomic E-state index is 0.188. The van der Waals surface area contributed by atoms with E-state index in [1.807, 2.05) is 0 Å². The summed E-state index contributed by atoms with van der Waals surface area (Å²) < 4.78 is 6.38. The minimum atomic E-state index is -0.517. The molecular formula is C12H14N4O3. The second kappa shape index (κ2) is 5.05. The maximum Gasteiger partial charge on any atom is 0.328 e. The smallest absolute Gasteiger partial charge is 0.328 e. The van der Waals surface area contributed by atoms with E-state index in [0.29, 0.717) is 24.4 Å². The van der Waals surface area contributed by atoms with Gasteiger partial charge in [-0.1, -0.05) is 11.2 Å². The monoisotopic (exact) mass is 262 g/mol. The molecule has 0 unspecified atom stereocenters. The summed E-state index contributed by atoms with van der Waals surface area (Å²) in [7, 11) is 1.57. The van der Waals surface area contributed by atoms with Gasteiger partial charge in [0.15, 0.2) is 0 Å². The molecule has 7 heteroatoms. The summed E-state index contributed by atoms with van der Waals surface area (Å²) in [6.45, 7) is 5.27. The van der Waals surface area contributed by atoms with E-state index in [1.165, 1.54) is 4.57 Å². The van der Waals surface area contributed by atoms with Crippen LogP contribution < -0.4 is 11.2 Å². The van der Waals surface area contributed by atoms with Crippen LogP contribution in [0.5, 0.6) is 0 Å². The summed E-state index contributed by atoms with van der Waals surface area (Å²) >= 11 is 0. The summed E-state index contributed by atoms with van der Waals surface area (Å²) in [6.07, 6.45) is 3.03. The SMILES string of the molecule is C=CCCc1nc(-c2c(C)n(C)c(=O)[nH]c2=O)no1. The fraction of sp³-hybridized carbons (Fsp3) is 0.333. The minimum Gasteiger partial charge on any atom is -0.339 e. The van der Waals surface area contributed by atoms with Gasteiger partial charge in [-0.25, -0.2) is 4.79 Å². The van der Waals surface area contributed by atoms with Gasteiger partial charge in [0.2, 0.25) is 11.7 Å². The Hall–Kier alpha value is -2.44. The number of aryl methyl sites for hydroxylation is 1. The molecule has 0 radical (unpaired) electrons. The van der Waals surface area contributed by atoms with Crippen LogP contribution in [0, 0.1) is 6.92 Å². The van der Waals surface area contributed by atoms with Crippen molar-refractivity contribution < 1.29 is 4.52 Å². The van der Waals surface area contributed by atoms with Crippen molar-refractivity contribution in [1.29, 1.82) is 0 Å². The average Bonchev–Trinajstić information content (AvgIpc) is 2.82. The molecule has 7 nitrogen and oxygen atoms in total. The number of aromatic nitrogens is 4. The normalized spacial score (nSPS) is 10.6. The van der Waals surface area contributed by atoms with Gasteiger partial charge in [-0.3, -0.25) is 9.78 Å². The van der Waals surface area contributed by atoms with Crippen molar-refractivity contribution in [1.82, 2.24) is 19.7 Å². The predicted octanol–water partition coefficient (Wildman–Crippen LogP) is 0.551. The van der Waals surface area contributed by atoms with E-state index in [1.54, 1.807) is 20.0 Å². The Morgan fingerprint density at radius 3 is 2.89 bits per heavy atom. The maximum absolute atomic E-state index is 11.8. The van der Waals surface area contributed by atoms with Gasteiger partial charge in [-0.05, 0) is 13.3 Å². The van der Waals surface area contributed by atoms with Crippen LogP contribution in [0.4, 0.5) is 0 Å². The summed E-state index contributed by atoms with van der Waals surface area (Å²) in [4.78, 5) is 29.6. The summed E-state index contributed by atoms with van der Waals surface area (Å²) in [6, 6.07) is 0. The van der Waals surface area contributed by atoms with Crippen LogP contribution in [-0.2, 0) is 13.5 Å². The van der Waals surface area contributed by atoms with E-state index < -0.39 is 11.2 Å². The third-order valence-corrected chi connectivity index (χ3v) is 2.87. The molecule has 19 heavy (non-hydrogen) atoms. The number of aromatic amines is 1. The highest BCUT2D eigenvalue weighted by Gasteiger charge is 2.17. The largest absolute Gasteiger partial charge is 0.339 e. The van der Waals surface area contributed by atoms with E-state index >= 15 is 0 Å². The van der Waals surface area contributed by atoms with Crippen LogP contribution >= 0.6 is 0 Å². The first-order valence-electron chi connectivity index (χ1n) is 5.78. The van der Waals surface area contributed by atoms with Crippen molar-refractivity contribution in [3.63, 3.8) is 0 Å². The highest BCUT2D eigenvalue weighted by Crippen LogP contribution is 2.14. The van der Waals surface area contributed by atoms with Gasteiger partial charge < -0.3 is 9.09 Å². The molecule has 0 aliphatic carbocycles. The Bertz CT molecular complexity index is 723. The van der Waals surface area contributed by atoms with Crippen molar-refractivity contribution in [2.75, 3.05) is 0 Å². The Labute approximate surface area is 108 Å². The van der Waals surface area contributed by atoms with Gasteiger partial charge in [0, 0.05) is 19.2 Å². The van der Waals surface area contributed by atoms with Gasteiger partial charge in [0.05, 0.1) is 0 Å². The summed E-state index contributed by atoms with van der Waals surface area (Å²) in [5, 5.41) is 3.78. The van der Waals surface area contributed by atoms with E-state index in [-0.39, 0.29) is 11.4 Å². The lowest BCUT2D eigenvalue weighted by atomic mass is 10.2. The van der Waals surface area contributed by atoms with E-state index in [2.05, 4.69) is 21.7 Å². The molecule has 0 aliphatic rings. The summed E-state index contributed by atoms with van der Waals surface area (Å²) in [5.41, 5.74) is -0.251. The summed E-state index contributed by atoms with van der Waals surface area (Å²) in [5.74, 6) is 0.621. The van der Waals surface area contributed by atoms with Crippen LogP contribution in [0.2, 0.25) is 0 Å². The van der Waals surface area contributed by atoms with E-state index in [9.17, 15) is 9.59 Å². The molecule has 2 aromatic rings. The number of H-pyrrole nitrogens is 1. The molecular weight excluding hydrogens is 248 g/mol. The first-order valence-corrected chi connectivity index (χ1v) is 5.78. The number of hydrogen-bond donors (Lipinski definition) is 1. The lowest BCUT2D eigenvalue weighted by Crippen LogP contribution is -2.31. The van der Waals surface area contributed by atoms with Crippen LogP contribution in [-0.4, -0.2) is 19.7 Å². The van der Waals surface area contributed by atoms with Crippen LogP contribution in [0.25, 0.3) is 11.4 Å². The zero-order valence-corrected chi connectivity index (χ0v) is 10.8. The van der Waals surface area contributed by atoms with Gasteiger partial charge in [-0.15, -0.1) is 6.58 Å². The van der Waals surface area contributed by atoms with Crippen molar-refractivity contribution in [3.05, 3.63) is 45.1 Å². The first kappa shape index (κ1) is 13.0. The number of nitrogens with one attached hydrogen (secondary N) is 1. The Balaban J connectivity index is 2.50. The topological polar surface area (TPSA) is 93.8 Å². The fourth-order valence-electron chi connectivity index (χ4n) is 1.67. The van der Waals surface area contributed by atoms with Crippen molar-refractivity contribution in [2.24, 2.45) is 7.05 Å². The highest BCUT2D eigenvalue weighted by atomic mass is 16.5. The lowest BCUT2D eigenvalue weighted by molar-refractivity contribution is 0.379. The molecule has 1 N–H and O–H groups in total. The predicted molar refractivity (Wildman–Crippen MR) is 68.9 cm³/mol. The molecule has 0 aromatic carbocycles. The zero-order chi connectivity index (χ0) is 14.0. The molecule has 100 valence electrons. The molecule has 0 saturated heterocycles. The molecule has 0 bridgehead atoms. The third-order valence-electron chi connectivity index (χ3n) is 2.87. The second-order valence-corrected chi connectivity index (χ2v) is 4.12. The molecule has 0 amide bonds. The van der Waals surface area contributed by atoms with Gasteiger partial charge in [0.25, 0.3) is 5.56 Å². The Kier molecular flexibility index (Phi) is 3.46. The molecule has 2 aromatic heterocycles. The second-order valence-electron chi connectivity index (χ2n) is 4.12. The third kappa shape index (κ3) is 2.40. The first-order chi connectivity index (χ1) is 9.04. The van der Waals surface area contributed by atoms with Crippen LogP contribution in [0.1, 0.15) is 18.0 Å². The lowest BCUT2D eigenvalue weighted by Gasteiger charge is -2.04. The van der Waals surface area contributed by atoms with Gasteiger partial charge >= 0.3 is 5.69 Å². The number of rotatable bonds is 4. The van der Waals surface area contributed by atoms with E-state index in [4.69, 9.17) is 4.52 Å². The van der Waals surface area contributed by atoms with Crippen molar-refractivity contribution in [3.8, 4) is 11.4 Å². The standard InChI is InChI=1S/C12H14N4O3/c1-4-5-6-8-13-10(15-19-8)9-7(2)16(3)12(18)14-11(9)17/h4H,1,5-6H2,2-3H3,(H,14,17,18). The van der Waals surface area contributed by atoms with Crippen molar-refractivity contribution >= 4 is 0 Å². The molecule has 0 spiro atoms. The maximum atomic E-state index is 11.8. The molecule has 0 aliphatic heterocycles. The Morgan fingerprint density at radius 1 is 1.47 bits per heavy atom. The van der Waals surface area contributed by atoms with Crippen LogP contribution in [0.15, 0.2) is 26.8 Å². The molecule has 0 atom stereocenters. The Morgan fingerprint density at radius 2 is 2.21 bits per heavy atom. The average molecular weight is 262 g/mol. The van der Waals surface area contributed by atoms with Crippen LogP contribution in [0.3, 0.4) is 0 Å². The number of nitrogens with zero attached hydrogens (tertiary/aromatic N) is 3. The number of hydrogen-bond acceptors (Lipinski definition) is 5. The highest BCUT2D eigenvalue weighted by molar-refractivity contribution is 5.55. The number of allylic oxidation sites excluding steroid dienone is 1. The zero-order valence-electron chi connectivity index (χ0n) is 10.8. The fourth-order valence-corrected chi connectivity index (χ4v) is 1.67. The van der Waals surface area contributed by atoms with Gasteiger partial charge in [-0.2, -0.15) is 4.98 Å².